The van der Waals surface area contributed by atoms with Gasteiger partial charge < -0.3 is 15.3 Å². The highest BCUT2D eigenvalue weighted by atomic mass is 16.3. The minimum atomic E-state index is 0.320. The first-order chi connectivity index (χ1) is 16.7. The molecule has 1 aliphatic carbocycles. The average Bonchev–Trinajstić information content (AvgIpc) is 2.89. The van der Waals surface area contributed by atoms with Crippen molar-refractivity contribution in [1.82, 2.24) is 5.32 Å². The number of anilines is 1. The van der Waals surface area contributed by atoms with E-state index in [0.29, 0.717) is 23.0 Å². The molecule has 1 spiro atoms. The van der Waals surface area contributed by atoms with E-state index in [1.54, 1.807) is 0 Å². The molecule has 0 radical (unpaired) electrons. The highest BCUT2D eigenvalue weighted by Gasteiger charge is 2.36. The molecule has 0 saturated carbocycles. The Balaban J connectivity index is 1.27. The highest BCUT2D eigenvalue weighted by Crippen LogP contribution is 2.47. The van der Waals surface area contributed by atoms with Crippen LogP contribution in [0.2, 0.25) is 0 Å². The monoisotopic (exact) mass is 452 g/mol. The minimum Gasteiger partial charge on any atom is -0.508 e. The van der Waals surface area contributed by atoms with Crippen LogP contribution in [-0.2, 0) is 6.42 Å². The predicted molar refractivity (Wildman–Crippen MR) is 140 cm³/mol. The number of hydrogen-bond acceptors (Lipinski definition) is 3. The number of phenols is 1. The van der Waals surface area contributed by atoms with Gasteiger partial charge in [-0.2, -0.15) is 0 Å². The van der Waals surface area contributed by atoms with Gasteiger partial charge in [0.15, 0.2) is 0 Å². The summed E-state index contributed by atoms with van der Waals surface area (Å²) in [4.78, 5) is 2.60. The van der Waals surface area contributed by atoms with Gasteiger partial charge >= 0.3 is 0 Å². The van der Waals surface area contributed by atoms with Crippen molar-refractivity contribution in [2.75, 3.05) is 31.1 Å². The molecule has 0 unspecified atom stereocenters. The summed E-state index contributed by atoms with van der Waals surface area (Å²) < 4.78 is 0. The molecule has 0 aromatic heterocycles. The number of aromatic hydroxyl groups is 1. The van der Waals surface area contributed by atoms with Gasteiger partial charge in [0.2, 0.25) is 0 Å². The van der Waals surface area contributed by atoms with Crippen LogP contribution >= 0.6 is 0 Å². The van der Waals surface area contributed by atoms with E-state index >= 15 is 0 Å². The fourth-order valence-electron chi connectivity index (χ4n) is 6.87. The Bertz CT molecular complexity index is 1110. The van der Waals surface area contributed by atoms with Crippen molar-refractivity contribution in [2.45, 2.75) is 50.4 Å². The number of phenolic OH excluding ortho intramolecular Hbond substituents is 1. The van der Waals surface area contributed by atoms with Gasteiger partial charge in [-0.1, -0.05) is 48.5 Å². The van der Waals surface area contributed by atoms with Gasteiger partial charge in [0.1, 0.15) is 5.75 Å². The number of aryl methyl sites for hydroxylation is 1. The van der Waals surface area contributed by atoms with Gasteiger partial charge in [0.05, 0.1) is 0 Å². The molecule has 3 aliphatic rings. The third kappa shape index (κ3) is 4.11. The van der Waals surface area contributed by atoms with Gasteiger partial charge in [0.25, 0.3) is 0 Å². The molecular weight excluding hydrogens is 416 g/mol. The van der Waals surface area contributed by atoms with Gasteiger partial charge in [-0.15, -0.1) is 0 Å². The summed E-state index contributed by atoms with van der Waals surface area (Å²) in [7, 11) is 0. The van der Waals surface area contributed by atoms with Crippen molar-refractivity contribution in [3.63, 3.8) is 0 Å². The number of nitrogens with zero attached hydrogens (tertiary/aromatic N) is 1. The molecule has 2 aliphatic heterocycles. The van der Waals surface area contributed by atoms with Crippen molar-refractivity contribution >= 4 is 5.69 Å². The molecule has 3 aromatic carbocycles. The lowest BCUT2D eigenvalue weighted by Crippen LogP contribution is -2.45. The van der Waals surface area contributed by atoms with Crippen molar-refractivity contribution in [2.24, 2.45) is 5.41 Å². The summed E-state index contributed by atoms with van der Waals surface area (Å²) in [6.45, 7) is 4.74. The van der Waals surface area contributed by atoms with Crippen molar-refractivity contribution in [3.05, 3.63) is 95.1 Å². The first-order valence-corrected chi connectivity index (χ1v) is 13.1. The summed E-state index contributed by atoms with van der Waals surface area (Å²) in [6.07, 6.45) is 7.46. The van der Waals surface area contributed by atoms with Crippen LogP contribution in [0.1, 0.15) is 66.2 Å². The molecule has 2 heterocycles. The first kappa shape index (κ1) is 21.7. The molecule has 2 atom stereocenters. The van der Waals surface area contributed by atoms with Crippen LogP contribution in [-0.4, -0.2) is 31.3 Å². The summed E-state index contributed by atoms with van der Waals surface area (Å²) >= 11 is 0. The molecule has 3 nitrogen and oxygen atoms in total. The van der Waals surface area contributed by atoms with E-state index in [9.17, 15) is 5.11 Å². The van der Waals surface area contributed by atoms with Crippen LogP contribution < -0.4 is 10.2 Å². The quantitative estimate of drug-likeness (QED) is 0.495. The fourth-order valence-corrected chi connectivity index (χ4v) is 6.87. The molecule has 3 aromatic rings. The number of rotatable bonds is 3. The van der Waals surface area contributed by atoms with E-state index in [1.165, 1.54) is 79.8 Å². The van der Waals surface area contributed by atoms with Crippen LogP contribution in [0.3, 0.4) is 0 Å². The zero-order chi connectivity index (χ0) is 23.0. The second-order valence-corrected chi connectivity index (χ2v) is 10.7. The zero-order valence-electron chi connectivity index (χ0n) is 20.0. The summed E-state index contributed by atoms with van der Waals surface area (Å²) in [5.41, 5.74) is 7.42. The van der Waals surface area contributed by atoms with Crippen LogP contribution in [0.25, 0.3) is 0 Å². The van der Waals surface area contributed by atoms with Gasteiger partial charge in [-0.05, 0) is 109 Å². The van der Waals surface area contributed by atoms with Crippen molar-refractivity contribution in [1.29, 1.82) is 0 Å². The van der Waals surface area contributed by atoms with E-state index in [4.69, 9.17) is 0 Å². The third-order valence-corrected chi connectivity index (χ3v) is 8.92. The topological polar surface area (TPSA) is 35.5 Å². The lowest BCUT2D eigenvalue weighted by Gasteiger charge is -2.45. The lowest BCUT2D eigenvalue weighted by atomic mass is 9.69. The number of piperidine rings is 2. The number of fused-ring (bicyclic) bond motifs is 1. The van der Waals surface area contributed by atoms with E-state index < -0.39 is 0 Å². The lowest BCUT2D eigenvalue weighted by molar-refractivity contribution is 0.155. The van der Waals surface area contributed by atoms with E-state index in [-0.39, 0.29) is 0 Å². The van der Waals surface area contributed by atoms with Crippen molar-refractivity contribution < 1.29 is 5.11 Å². The second-order valence-electron chi connectivity index (χ2n) is 10.7. The maximum Gasteiger partial charge on any atom is 0.115 e. The zero-order valence-corrected chi connectivity index (χ0v) is 20.0. The van der Waals surface area contributed by atoms with Crippen molar-refractivity contribution in [3.8, 4) is 5.75 Å². The largest absolute Gasteiger partial charge is 0.508 e. The summed E-state index contributed by atoms with van der Waals surface area (Å²) in [6, 6.07) is 26.4. The molecule has 6 rings (SSSR count). The van der Waals surface area contributed by atoms with E-state index in [2.05, 4.69) is 70.9 Å². The first-order valence-electron chi connectivity index (χ1n) is 13.1. The van der Waals surface area contributed by atoms with Gasteiger partial charge in [-0.25, -0.2) is 0 Å². The molecule has 0 bridgehead atoms. The Kier molecular flexibility index (Phi) is 5.82. The standard InChI is InChI=1S/C31H36N2O/c34-27-11-13-29-25(22-27)8-12-28(23-4-2-1-3-5-23)30(29)24-6-9-26(10-7-24)33-20-16-31(17-21-33)14-18-32-19-15-31/h1-7,9-11,13,22,28,30,32,34H,8,12,14-21H2/t28-,30+/m1/s1. The Morgan fingerprint density at radius 1 is 0.794 bits per heavy atom. The molecule has 176 valence electrons. The van der Waals surface area contributed by atoms with Gasteiger partial charge in [0, 0.05) is 24.7 Å². The molecule has 0 amide bonds. The molecule has 3 heteroatoms. The average molecular weight is 453 g/mol. The molecular formula is C31H36N2O. The van der Waals surface area contributed by atoms with Gasteiger partial charge in [-0.3, -0.25) is 0 Å². The smallest absolute Gasteiger partial charge is 0.115 e. The van der Waals surface area contributed by atoms with E-state index in [1.807, 2.05) is 12.1 Å². The SMILES string of the molecule is Oc1ccc2c(c1)CC[C@H](c1ccccc1)[C@@H]2c1ccc(N2CCC3(CCNCC3)CC2)cc1. The Labute approximate surface area is 203 Å². The van der Waals surface area contributed by atoms with E-state index in [0.717, 1.165) is 12.8 Å². The second kappa shape index (κ2) is 9.11. The number of benzene rings is 3. The Hall–Kier alpha value is -2.78. The number of hydrogen-bond donors (Lipinski definition) is 2. The molecule has 34 heavy (non-hydrogen) atoms. The fraction of sp³-hybridized carbons (Fsp3) is 0.419. The summed E-state index contributed by atoms with van der Waals surface area (Å²) in [5, 5.41) is 13.6. The summed E-state index contributed by atoms with van der Waals surface area (Å²) in [5.74, 6) is 1.15. The molecule has 2 N–H and O–H groups in total. The highest BCUT2D eigenvalue weighted by molar-refractivity contribution is 5.52. The maximum atomic E-state index is 10.1. The molecule has 2 saturated heterocycles. The Morgan fingerprint density at radius 3 is 2.26 bits per heavy atom. The minimum absolute atomic E-state index is 0.320. The maximum absolute atomic E-state index is 10.1. The third-order valence-electron chi connectivity index (χ3n) is 8.92. The van der Waals surface area contributed by atoms with Crippen LogP contribution in [0.15, 0.2) is 72.8 Å². The number of nitrogens with one attached hydrogen (secondary N) is 1. The van der Waals surface area contributed by atoms with Crippen LogP contribution in [0.5, 0.6) is 5.75 Å². The predicted octanol–water partition coefficient (Wildman–Crippen LogP) is 6.22. The van der Waals surface area contributed by atoms with Crippen LogP contribution in [0, 0.1) is 5.41 Å². The Morgan fingerprint density at radius 2 is 1.53 bits per heavy atom. The van der Waals surface area contributed by atoms with Crippen LogP contribution in [0.4, 0.5) is 5.69 Å². The normalized spacial score (nSPS) is 24.1. The molecule has 2 fully saturated rings.